The highest BCUT2D eigenvalue weighted by molar-refractivity contribution is 9.10. The van der Waals surface area contributed by atoms with Crippen molar-refractivity contribution < 1.29 is 9.47 Å². The Kier molecular flexibility index (Phi) is 8.92. The second kappa shape index (κ2) is 10.2. The second-order valence-corrected chi connectivity index (χ2v) is 5.96. The summed E-state index contributed by atoms with van der Waals surface area (Å²) in [5.41, 5.74) is 2.55. The summed E-state index contributed by atoms with van der Waals surface area (Å²) in [5, 5.41) is 3.32. The van der Waals surface area contributed by atoms with Gasteiger partial charge in [-0.2, -0.15) is 0 Å². The van der Waals surface area contributed by atoms with Gasteiger partial charge in [0, 0.05) is 50.1 Å². The van der Waals surface area contributed by atoms with Crippen molar-refractivity contribution in [1.82, 2.24) is 5.32 Å². The number of nitrogens with one attached hydrogen (secondary N) is 1. The summed E-state index contributed by atoms with van der Waals surface area (Å²) in [4.78, 5) is 2.37. The van der Waals surface area contributed by atoms with Crippen molar-refractivity contribution in [2.24, 2.45) is 0 Å². The van der Waals surface area contributed by atoms with E-state index in [4.69, 9.17) is 9.47 Å². The summed E-state index contributed by atoms with van der Waals surface area (Å²) in [7, 11) is 5.47. The van der Waals surface area contributed by atoms with Crippen LogP contribution in [-0.2, 0) is 9.47 Å². The molecule has 4 nitrogen and oxygen atoms in total. The van der Waals surface area contributed by atoms with Crippen LogP contribution in [0.1, 0.15) is 24.9 Å². The van der Waals surface area contributed by atoms with E-state index in [0.717, 1.165) is 30.6 Å². The second-order valence-electron chi connectivity index (χ2n) is 5.04. The Morgan fingerprint density at radius 1 is 1.19 bits per heavy atom. The maximum atomic E-state index is 5.26. The van der Waals surface area contributed by atoms with Gasteiger partial charge in [-0.1, -0.05) is 22.0 Å². The van der Waals surface area contributed by atoms with Crippen molar-refractivity contribution in [3.8, 4) is 0 Å². The standard InChI is InChI=1S/C16H27BrN2O2/c1-13(18-2)15-7-6-14(17)12-16(15)19(9-11-21-4)8-5-10-20-3/h6-7,12-13,18H,5,8-11H2,1-4H3. The van der Waals surface area contributed by atoms with Crippen LogP contribution in [0.3, 0.4) is 0 Å². The van der Waals surface area contributed by atoms with E-state index in [2.05, 4.69) is 51.3 Å². The monoisotopic (exact) mass is 358 g/mol. The molecule has 5 heteroatoms. The zero-order chi connectivity index (χ0) is 15.7. The first-order valence-corrected chi connectivity index (χ1v) is 8.12. The molecule has 1 aromatic carbocycles. The molecule has 1 unspecified atom stereocenters. The SMILES string of the molecule is CNC(C)c1ccc(Br)cc1N(CCCOC)CCOC. The lowest BCUT2D eigenvalue weighted by molar-refractivity contribution is 0.191. The molecule has 0 aliphatic rings. The molecule has 1 aromatic rings. The highest BCUT2D eigenvalue weighted by Crippen LogP contribution is 2.29. The lowest BCUT2D eigenvalue weighted by Crippen LogP contribution is -2.31. The molecular formula is C16H27BrN2O2. The van der Waals surface area contributed by atoms with Gasteiger partial charge < -0.3 is 19.7 Å². The summed E-state index contributed by atoms with van der Waals surface area (Å²) < 4.78 is 11.5. The van der Waals surface area contributed by atoms with Crippen LogP contribution < -0.4 is 10.2 Å². The predicted molar refractivity (Wildman–Crippen MR) is 92.2 cm³/mol. The van der Waals surface area contributed by atoms with E-state index in [1.54, 1.807) is 14.2 Å². The van der Waals surface area contributed by atoms with Crippen LogP contribution in [0.4, 0.5) is 5.69 Å². The first-order chi connectivity index (χ1) is 10.1. The van der Waals surface area contributed by atoms with Crippen molar-refractivity contribution in [1.29, 1.82) is 0 Å². The van der Waals surface area contributed by atoms with Crippen molar-refractivity contribution >= 4 is 21.6 Å². The van der Waals surface area contributed by atoms with E-state index >= 15 is 0 Å². The fourth-order valence-electron chi connectivity index (χ4n) is 2.27. The van der Waals surface area contributed by atoms with Crippen LogP contribution in [0.5, 0.6) is 0 Å². The van der Waals surface area contributed by atoms with Gasteiger partial charge >= 0.3 is 0 Å². The lowest BCUT2D eigenvalue weighted by atomic mass is 10.0. The van der Waals surface area contributed by atoms with Gasteiger partial charge in [-0.05, 0) is 38.1 Å². The molecule has 0 radical (unpaired) electrons. The Morgan fingerprint density at radius 2 is 1.90 bits per heavy atom. The quantitative estimate of drug-likeness (QED) is 0.651. The summed E-state index contributed by atoms with van der Waals surface area (Å²) in [6.07, 6.45) is 1.00. The average molecular weight is 359 g/mol. The van der Waals surface area contributed by atoms with Crippen LogP contribution in [0.15, 0.2) is 22.7 Å². The average Bonchev–Trinajstić information content (AvgIpc) is 2.50. The van der Waals surface area contributed by atoms with Crippen LogP contribution >= 0.6 is 15.9 Å². The van der Waals surface area contributed by atoms with Gasteiger partial charge in [0.05, 0.1) is 6.61 Å². The molecule has 1 rings (SSSR count). The topological polar surface area (TPSA) is 33.7 Å². The van der Waals surface area contributed by atoms with Gasteiger partial charge in [-0.3, -0.25) is 0 Å². The van der Waals surface area contributed by atoms with Gasteiger partial charge in [0.1, 0.15) is 0 Å². The maximum absolute atomic E-state index is 5.26. The van der Waals surface area contributed by atoms with Crippen LogP contribution in [-0.4, -0.2) is 47.6 Å². The molecule has 0 aromatic heterocycles. The molecule has 1 atom stereocenters. The Bertz CT molecular complexity index is 415. The molecule has 21 heavy (non-hydrogen) atoms. The zero-order valence-corrected chi connectivity index (χ0v) is 15.1. The summed E-state index contributed by atoms with van der Waals surface area (Å²) >= 11 is 3.58. The third kappa shape index (κ3) is 5.94. The number of halogens is 1. The molecule has 0 aliphatic heterocycles. The third-order valence-corrected chi connectivity index (χ3v) is 4.07. The van der Waals surface area contributed by atoms with Gasteiger partial charge in [0.15, 0.2) is 0 Å². The molecule has 0 amide bonds. The number of hydrogen-bond donors (Lipinski definition) is 1. The van der Waals surface area contributed by atoms with E-state index < -0.39 is 0 Å². The normalized spacial score (nSPS) is 12.4. The summed E-state index contributed by atoms with van der Waals surface area (Å²) in [5.74, 6) is 0. The zero-order valence-electron chi connectivity index (χ0n) is 13.5. The van der Waals surface area contributed by atoms with E-state index in [1.807, 2.05) is 7.05 Å². The molecule has 0 saturated carbocycles. The molecule has 0 aliphatic carbocycles. The molecule has 0 saturated heterocycles. The lowest BCUT2D eigenvalue weighted by Gasteiger charge is -2.29. The fraction of sp³-hybridized carbons (Fsp3) is 0.625. The van der Waals surface area contributed by atoms with E-state index in [1.165, 1.54) is 11.3 Å². The predicted octanol–water partition coefficient (Wildman–Crippen LogP) is 3.22. The van der Waals surface area contributed by atoms with Gasteiger partial charge in [0.25, 0.3) is 0 Å². The molecule has 0 fully saturated rings. The van der Waals surface area contributed by atoms with E-state index in [-0.39, 0.29) is 0 Å². The summed E-state index contributed by atoms with van der Waals surface area (Å²) in [6, 6.07) is 6.76. The minimum absolute atomic E-state index is 0.306. The number of methoxy groups -OCH3 is 2. The third-order valence-electron chi connectivity index (χ3n) is 3.57. The van der Waals surface area contributed by atoms with Crippen molar-refractivity contribution in [3.63, 3.8) is 0 Å². The Labute approximate surface area is 136 Å². The van der Waals surface area contributed by atoms with Gasteiger partial charge in [0.2, 0.25) is 0 Å². The largest absolute Gasteiger partial charge is 0.385 e. The van der Waals surface area contributed by atoms with Crippen molar-refractivity contribution in [2.45, 2.75) is 19.4 Å². The highest BCUT2D eigenvalue weighted by Gasteiger charge is 2.15. The van der Waals surface area contributed by atoms with Crippen LogP contribution in [0.25, 0.3) is 0 Å². The van der Waals surface area contributed by atoms with Gasteiger partial charge in [-0.25, -0.2) is 0 Å². The first kappa shape index (κ1) is 18.4. The number of nitrogens with zero attached hydrogens (tertiary/aromatic N) is 1. The number of hydrogen-bond acceptors (Lipinski definition) is 4. The molecular weight excluding hydrogens is 332 g/mol. The molecule has 0 bridgehead atoms. The molecule has 120 valence electrons. The van der Waals surface area contributed by atoms with Crippen molar-refractivity contribution in [2.75, 3.05) is 52.5 Å². The van der Waals surface area contributed by atoms with Gasteiger partial charge in [-0.15, -0.1) is 0 Å². The fourth-order valence-corrected chi connectivity index (χ4v) is 2.62. The smallest absolute Gasteiger partial charge is 0.0637 e. The van der Waals surface area contributed by atoms with E-state index in [0.29, 0.717) is 12.6 Å². The van der Waals surface area contributed by atoms with Crippen LogP contribution in [0.2, 0.25) is 0 Å². The highest BCUT2D eigenvalue weighted by atomic mass is 79.9. The maximum Gasteiger partial charge on any atom is 0.0637 e. The van der Waals surface area contributed by atoms with Crippen LogP contribution in [0, 0.1) is 0 Å². The van der Waals surface area contributed by atoms with Crippen molar-refractivity contribution in [3.05, 3.63) is 28.2 Å². The minimum atomic E-state index is 0.306. The molecule has 1 N–H and O–H groups in total. The van der Waals surface area contributed by atoms with E-state index in [9.17, 15) is 0 Å². The Morgan fingerprint density at radius 3 is 2.52 bits per heavy atom. The number of rotatable bonds is 10. The number of ether oxygens (including phenoxy) is 2. The molecule has 0 heterocycles. The molecule has 0 spiro atoms. The Hall–Kier alpha value is -0.620. The number of benzene rings is 1. The minimum Gasteiger partial charge on any atom is -0.385 e. The Balaban J connectivity index is 2.99. The summed E-state index contributed by atoms with van der Waals surface area (Å²) in [6.45, 7) is 5.49. The first-order valence-electron chi connectivity index (χ1n) is 7.33. The number of anilines is 1.